The molecule has 5 heterocycles. The Morgan fingerprint density at radius 1 is 1.32 bits per heavy atom. The molecule has 3 aromatic heterocycles. The van der Waals surface area contributed by atoms with E-state index in [0.29, 0.717) is 31.2 Å². The third-order valence-corrected chi connectivity index (χ3v) is 6.55. The van der Waals surface area contributed by atoms with Gasteiger partial charge in [0.2, 0.25) is 5.76 Å². The van der Waals surface area contributed by atoms with Crippen molar-refractivity contribution in [2.45, 2.75) is 65.1 Å². The van der Waals surface area contributed by atoms with Gasteiger partial charge in [0.05, 0.1) is 23.1 Å². The number of carbonyl (C=O) groups excluding carboxylic acids is 1. The van der Waals surface area contributed by atoms with Crippen LogP contribution in [0.5, 0.6) is 0 Å². The molecule has 1 saturated heterocycles. The van der Waals surface area contributed by atoms with Gasteiger partial charge in [0.1, 0.15) is 0 Å². The Hall–Kier alpha value is -2.94. The highest BCUT2D eigenvalue weighted by atomic mass is 16.5. The number of fused-ring (bicyclic) bond motifs is 2. The van der Waals surface area contributed by atoms with Crippen molar-refractivity contribution in [3.8, 4) is 0 Å². The summed E-state index contributed by atoms with van der Waals surface area (Å²) in [4.78, 5) is 35.1. The summed E-state index contributed by atoms with van der Waals surface area (Å²) in [7, 11) is 0. The number of nitrogens with one attached hydrogen (secondary N) is 1. The molecule has 31 heavy (non-hydrogen) atoms. The van der Waals surface area contributed by atoms with Gasteiger partial charge in [-0.2, -0.15) is 0 Å². The van der Waals surface area contributed by atoms with Crippen molar-refractivity contribution >= 4 is 11.6 Å². The number of carbonyl (C=O) groups is 1. The summed E-state index contributed by atoms with van der Waals surface area (Å²) in [6.07, 6.45) is 3.14. The van der Waals surface area contributed by atoms with E-state index in [1.165, 1.54) is 4.52 Å². The Labute approximate surface area is 180 Å². The number of aromatic amines is 1. The zero-order chi connectivity index (χ0) is 21.7. The number of likely N-dealkylation sites (tertiary alicyclic amines) is 1. The molecular formula is C22H28N6O3. The van der Waals surface area contributed by atoms with Gasteiger partial charge in [0.15, 0.2) is 5.65 Å². The van der Waals surface area contributed by atoms with Crippen molar-refractivity contribution in [1.82, 2.24) is 29.6 Å². The zero-order valence-electron chi connectivity index (χ0n) is 18.2. The largest absolute Gasteiger partial charge is 0.351 e. The smallest absolute Gasteiger partial charge is 0.293 e. The lowest BCUT2D eigenvalue weighted by atomic mass is 10.1. The molecule has 1 N–H and O–H groups in total. The Bertz CT molecular complexity index is 1190. The van der Waals surface area contributed by atoms with Crippen LogP contribution < -0.4 is 5.56 Å². The maximum absolute atomic E-state index is 13.1. The summed E-state index contributed by atoms with van der Waals surface area (Å²) < 4.78 is 6.80. The first kappa shape index (κ1) is 20.0. The lowest BCUT2D eigenvalue weighted by Gasteiger charge is -2.30. The summed E-state index contributed by atoms with van der Waals surface area (Å²) in [6.45, 7) is 8.49. The Morgan fingerprint density at radius 2 is 2.16 bits per heavy atom. The monoisotopic (exact) mass is 424 g/mol. The molecule has 2 aliphatic heterocycles. The molecule has 0 aromatic carbocycles. The van der Waals surface area contributed by atoms with Crippen LogP contribution in [0.1, 0.15) is 72.9 Å². The van der Waals surface area contributed by atoms with Crippen LogP contribution in [-0.2, 0) is 19.4 Å². The first-order valence-corrected chi connectivity index (χ1v) is 11.1. The maximum Gasteiger partial charge on any atom is 0.293 e. The van der Waals surface area contributed by atoms with Gasteiger partial charge in [-0.1, -0.05) is 12.1 Å². The van der Waals surface area contributed by atoms with E-state index in [2.05, 4.69) is 29.0 Å². The van der Waals surface area contributed by atoms with E-state index < -0.39 is 0 Å². The van der Waals surface area contributed by atoms with E-state index in [4.69, 9.17) is 9.51 Å². The summed E-state index contributed by atoms with van der Waals surface area (Å²) in [5, 5.41) is 7.17. The van der Waals surface area contributed by atoms with Crippen molar-refractivity contribution in [2.75, 3.05) is 13.1 Å². The fourth-order valence-corrected chi connectivity index (χ4v) is 4.70. The molecular weight excluding hydrogens is 396 g/mol. The average Bonchev–Trinajstić information content (AvgIpc) is 3.51. The van der Waals surface area contributed by atoms with E-state index in [1.807, 2.05) is 13.0 Å². The number of rotatable bonds is 4. The second-order valence-electron chi connectivity index (χ2n) is 8.75. The second-order valence-corrected chi connectivity index (χ2v) is 8.75. The Morgan fingerprint density at radius 3 is 2.90 bits per heavy atom. The average molecular weight is 425 g/mol. The SMILES string of the molecule is CCc1cc(C(=O)N2CCCC2c2cc3nc4c(c(=O)n3[nH]2)CCN(C(C)C)C4)on1. The summed E-state index contributed by atoms with van der Waals surface area (Å²) in [6, 6.07) is 3.89. The molecule has 1 atom stereocenters. The van der Waals surface area contributed by atoms with E-state index in [1.54, 1.807) is 11.0 Å². The highest BCUT2D eigenvalue weighted by Crippen LogP contribution is 2.33. The molecule has 164 valence electrons. The van der Waals surface area contributed by atoms with Gasteiger partial charge in [-0.3, -0.25) is 19.6 Å². The molecule has 1 amide bonds. The predicted molar refractivity (Wildman–Crippen MR) is 114 cm³/mol. The first-order chi connectivity index (χ1) is 15.0. The molecule has 0 saturated carbocycles. The number of aromatic nitrogens is 4. The van der Waals surface area contributed by atoms with Crippen LogP contribution in [0.2, 0.25) is 0 Å². The molecule has 9 nitrogen and oxygen atoms in total. The van der Waals surface area contributed by atoms with Crippen molar-refractivity contribution in [1.29, 1.82) is 0 Å². The van der Waals surface area contributed by atoms with E-state index in [-0.39, 0.29) is 23.3 Å². The van der Waals surface area contributed by atoms with Gasteiger partial charge < -0.3 is 9.42 Å². The normalized spacial score (nSPS) is 19.5. The molecule has 0 spiro atoms. The van der Waals surface area contributed by atoms with Crippen LogP contribution in [0, 0.1) is 0 Å². The molecule has 9 heteroatoms. The van der Waals surface area contributed by atoms with E-state index in [0.717, 1.165) is 48.5 Å². The van der Waals surface area contributed by atoms with Gasteiger partial charge in [-0.05, 0) is 39.5 Å². The molecule has 1 unspecified atom stereocenters. The van der Waals surface area contributed by atoms with Gasteiger partial charge in [0, 0.05) is 43.4 Å². The molecule has 1 fully saturated rings. The quantitative estimate of drug-likeness (QED) is 0.690. The van der Waals surface area contributed by atoms with Crippen LogP contribution in [0.15, 0.2) is 21.5 Å². The standard InChI is InChI=1S/C22H28N6O3/c1-4-14-10-19(31-25-14)22(30)27-8-5-6-18(27)16-11-20-23-17-12-26(13(2)3)9-7-15(17)21(29)28(20)24-16/h10-11,13,18,24H,4-9,12H2,1-3H3. The zero-order valence-corrected chi connectivity index (χ0v) is 18.2. The maximum atomic E-state index is 13.1. The van der Waals surface area contributed by atoms with Crippen molar-refractivity contribution in [3.63, 3.8) is 0 Å². The summed E-state index contributed by atoms with van der Waals surface area (Å²) in [5.74, 6) is 0.0972. The number of aryl methyl sites for hydroxylation is 1. The molecule has 5 rings (SSSR count). The summed E-state index contributed by atoms with van der Waals surface area (Å²) >= 11 is 0. The van der Waals surface area contributed by atoms with Crippen LogP contribution in [0.25, 0.3) is 5.65 Å². The number of H-pyrrole nitrogens is 1. The van der Waals surface area contributed by atoms with Crippen molar-refractivity contribution in [2.24, 2.45) is 0 Å². The highest BCUT2D eigenvalue weighted by molar-refractivity contribution is 5.92. The van der Waals surface area contributed by atoms with Gasteiger partial charge in [0.25, 0.3) is 11.5 Å². The fourth-order valence-electron chi connectivity index (χ4n) is 4.70. The highest BCUT2D eigenvalue weighted by Gasteiger charge is 2.34. The Kier molecular flexibility index (Phi) is 4.92. The van der Waals surface area contributed by atoms with Gasteiger partial charge >= 0.3 is 0 Å². The number of nitrogens with zero attached hydrogens (tertiary/aromatic N) is 5. The van der Waals surface area contributed by atoms with Crippen LogP contribution in [0.3, 0.4) is 0 Å². The third kappa shape index (κ3) is 3.37. The number of hydrogen-bond donors (Lipinski definition) is 1. The second kappa shape index (κ2) is 7.64. The molecule has 0 bridgehead atoms. The first-order valence-electron chi connectivity index (χ1n) is 11.1. The van der Waals surface area contributed by atoms with Crippen LogP contribution in [0.4, 0.5) is 0 Å². The lowest BCUT2D eigenvalue weighted by Crippen LogP contribution is -2.39. The molecule has 2 aliphatic rings. The summed E-state index contributed by atoms with van der Waals surface area (Å²) in [5.41, 5.74) is 3.82. The predicted octanol–water partition coefficient (Wildman–Crippen LogP) is 2.32. The van der Waals surface area contributed by atoms with Crippen LogP contribution in [-0.4, -0.2) is 54.6 Å². The number of hydrogen-bond acceptors (Lipinski definition) is 6. The van der Waals surface area contributed by atoms with Gasteiger partial charge in [-0.25, -0.2) is 9.50 Å². The minimum atomic E-state index is -0.166. The topological polar surface area (TPSA) is 99.7 Å². The Balaban J connectivity index is 1.48. The number of amides is 1. The molecule has 0 aliphatic carbocycles. The van der Waals surface area contributed by atoms with E-state index in [9.17, 15) is 9.59 Å². The van der Waals surface area contributed by atoms with E-state index >= 15 is 0 Å². The lowest BCUT2D eigenvalue weighted by molar-refractivity contribution is 0.0690. The fraction of sp³-hybridized carbons (Fsp3) is 0.545. The third-order valence-electron chi connectivity index (χ3n) is 6.55. The molecule has 3 aromatic rings. The molecule has 0 radical (unpaired) electrons. The van der Waals surface area contributed by atoms with Crippen LogP contribution >= 0.6 is 0 Å². The van der Waals surface area contributed by atoms with Crippen molar-refractivity contribution in [3.05, 3.63) is 50.9 Å². The van der Waals surface area contributed by atoms with Crippen molar-refractivity contribution < 1.29 is 9.32 Å². The minimum absolute atomic E-state index is 0.0339. The minimum Gasteiger partial charge on any atom is -0.351 e. The van der Waals surface area contributed by atoms with Gasteiger partial charge in [-0.15, -0.1) is 0 Å².